The Labute approximate surface area is 113 Å². The number of fused-ring (bicyclic) bond motifs is 1. The lowest BCUT2D eigenvalue weighted by Gasteiger charge is -2.22. The molecule has 0 atom stereocenters. The van der Waals surface area contributed by atoms with Gasteiger partial charge in [-0.25, -0.2) is 0 Å². The van der Waals surface area contributed by atoms with Crippen LogP contribution in [0.25, 0.3) is 5.76 Å². The Morgan fingerprint density at radius 1 is 1.11 bits per heavy atom. The van der Waals surface area contributed by atoms with Gasteiger partial charge < -0.3 is 4.74 Å². The van der Waals surface area contributed by atoms with Crippen molar-refractivity contribution in [2.24, 2.45) is 0 Å². The van der Waals surface area contributed by atoms with Gasteiger partial charge in [-0.15, -0.1) is 0 Å². The van der Waals surface area contributed by atoms with Gasteiger partial charge in [-0.3, -0.25) is 4.98 Å². The number of hydrogen-bond acceptors (Lipinski definition) is 2. The van der Waals surface area contributed by atoms with Crippen LogP contribution in [0.1, 0.15) is 23.1 Å². The summed E-state index contributed by atoms with van der Waals surface area (Å²) in [6, 6.07) is 12.6. The van der Waals surface area contributed by atoms with Crippen LogP contribution in [0, 0.1) is 0 Å². The Hall–Kier alpha value is -2.09. The molecule has 0 fully saturated rings. The second-order valence-electron chi connectivity index (χ2n) is 4.83. The molecule has 96 valence electrons. The van der Waals surface area contributed by atoms with E-state index in [9.17, 15) is 0 Å². The van der Waals surface area contributed by atoms with E-state index in [2.05, 4.69) is 35.3 Å². The zero-order valence-corrected chi connectivity index (χ0v) is 11.1. The molecule has 3 rings (SSSR count). The van der Waals surface area contributed by atoms with Crippen molar-refractivity contribution in [3.05, 3.63) is 71.1 Å². The molecule has 1 heterocycles. The highest BCUT2D eigenvalue weighted by molar-refractivity contribution is 5.68. The predicted molar refractivity (Wildman–Crippen MR) is 76.6 cm³/mol. The molecule has 1 aromatic heterocycles. The number of allylic oxidation sites excluding steroid dienone is 1. The summed E-state index contributed by atoms with van der Waals surface area (Å²) in [5.74, 6) is 1.05. The summed E-state index contributed by atoms with van der Waals surface area (Å²) in [5, 5.41) is 0. The van der Waals surface area contributed by atoms with Gasteiger partial charge in [-0.2, -0.15) is 0 Å². The third-order valence-corrected chi connectivity index (χ3v) is 3.62. The molecule has 2 heteroatoms. The van der Waals surface area contributed by atoms with Crippen LogP contribution >= 0.6 is 0 Å². The van der Waals surface area contributed by atoms with Crippen LogP contribution in [-0.2, 0) is 17.6 Å². The molecule has 19 heavy (non-hydrogen) atoms. The number of aromatic nitrogens is 1. The van der Waals surface area contributed by atoms with Gasteiger partial charge in [0.15, 0.2) is 0 Å². The van der Waals surface area contributed by atoms with Gasteiger partial charge in [-0.1, -0.05) is 30.3 Å². The summed E-state index contributed by atoms with van der Waals surface area (Å²) in [5.41, 5.74) is 5.24. The molecule has 0 N–H and O–H groups in total. The fraction of sp³-hybridized carbons (Fsp3) is 0.235. The van der Waals surface area contributed by atoms with Crippen molar-refractivity contribution in [2.75, 3.05) is 7.11 Å². The molecule has 2 nitrogen and oxygen atoms in total. The second-order valence-corrected chi connectivity index (χ2v) is 4.83. The van der Waals surface area contributed by atoms with E-state index in [1.165, 1.54) is 22.3 Å². The van der Waals surface area contributed by atoms with Gasteiger partial charge in [0.1, 0.15) is 5.76 Å². The van der Waals surface area contributed by atoms with Crippen LogP contribution in [0.2, 0.25) is 0 Å². The summed E-state index contributed by atoms with van der Waals surface area (Å²) in [7, 11) is 1.76. The van der Waals surface area contributed by atoms with Gasteiger partial charge in [0.05, 0.1) is 7.11 Å². The predicted octanol–water partition coefficient (Wildman–Crippen LogP) is 3.63. The molecule has 0 bridgehead atoms. The lowest BCUT2D eigenvalue weighted by Crippen LogP contribution is -2.08. The van der Waals surface area contributed by atoms with E-state index < -0.39 is 0 Å². The Balaban J connectivity index is 1.98. The monoisotopic (exact) mass is 251 g/mol. The van der Waals surface area contributed by atoms with E-state index in [1.54, 1.807) is 7.11 Å². The zero-order chi connectivity index (χ0) is 13.1. The minimum absolute atomic E-state index is 0.922. The molecule has 0 radical (unpaired) electrons. The van der Waals surface area contributed by atoms with E-state index in [-0.39, 0.29) is 0 Å². The molecule has 0 unspecified atom stereocenters. The number of methoxy groups -OCH3 is 1. The van der Waals surface area contributed by atoms with Gasteiger partial charge in [0, 0.05) is 18.0 Å². The average molecular weight is 251 g/mol. The first-order chi connectivity index (χ1) is 9.38. The molecule has 0 amide bonds. The van der Waals surface area contributed by atoms with Crippen molar-refractivity contribution >= 4 is 5.76 Å². The van der Waals surface area contributed by atoms with Crippen molar-refractivity contribution in [1.82, 2.24) is 4.98 Å². The zero-order valence-electron chi connectivity index (χ0n) is 11.1. The number of rotatable bonds is 3. The van der Waals surface area contributed by atoms with Gasteiger partial charge in [0.2, 0.25) is 0 Å². The fourth-order valence-electron chi connectivity index (χ4n) is 2.72. The summed E-state index contributed by atoms with van der Waals surface area (Å²) >= 11 is 0. The van der Waals surface area contributed by atoms with Crippen LogP contribution < -0.4 is 0 Å². The van der Waals surface area contributed by atoms with Gasteiger partial charge in [0.25, 0.3) is 0 Å². The molecule has 0 saturated heterocycles. The highest BCUT2D eigenvalue weighted by atomic mass is 16.5. The largest absolute Gasteiger partial charge is 0.496 e. The van der Waals surface area contributed by atoms with Crippen molar-refractivity contribution < 1.29 is 4.74 Å². The maximum Gasteiger partial charge on any atom is 0.125 e. The first-order valence-electron chi connectivity index (χ1n) is 6.61. The molecule has 1 aromatic carbocycles. The highest BCUT2D eigenvalue weighted by Crippen LogP contribution is 2.33. The number of hydrogen-bond donors (Lipinski definition) is 0. The first-order valence-corrected chi connectivity index (χ1v) is 6.61. The third kappa shape index (κ3) is 2.39. The van der Waals surface area contributed by atoms with E-state index in [4.69, 9.17) is 4.74 Å². The molecular formula is C17H17NO. The Morgan fingerprint density at radius 2 is 2.00 bits per heavy atom. The number of nitrogens with zero attached hydrogens (tertiary/aromatic N) is 1. The summed E-state index contributed by atoms with van der Waals surface area (Å²) in [4.78, 5) is 4.18. The standard InChI is InChI=1S/C17H17NO/c1-19-17-15(11-13-5-4-10-18-12-13)9-8-14-6-2-3-7-16(14)17/h2-7,10,12H,8-9,11H2,1H3. The number of aryl methyl sites for hydroxylation is 1. The maximum atomic E-state index is 5.66. The minimum atomic E-state index is 0.922. The van der Waals surface area contributed by atoms with E-state index >= 15 is 0 Å². The van der Waals surface area contributed by atoms with E-state index in [1.807, 2.05) is 18.5 Å². The summed E-state index contributed by atoms with van der Waals surface area (Å²) in [6.45, 7) is 0. The molecule has 1 aliphatic carbocycles. The molecule has 0 saturated carbocycles. The number of benzene rings is 1. The topological polar surface area (TPSA) is 22.1 Å². The summed E-state index contributed by atoms with van der Waals surface area (Å²) < 4.78 is 5.66. The third-order valence-electron chi connectivity index (χ3n) is 3.62. The van der Waals surface area contributed by atoms with Crippen LogP contribution in [0.5, 0.6) is 0 Å². The van der Waals surface area contributed by atoms with Crippen molar-refractivity contribution in [2.45, 2.75) is 19.3 Å². The van der Waals surface area contributed by atoms with E-state index in [0.717, 1.165) is 25.0 Å². The van der Waals surface area contributed by atoms with Crippen LogP contribution in [0.15, 0.2) is 54.4 Å². The first kappa shape index (κ1) is 12.0. The maximum absolute atomic E-state index is 5.66. The number of pyridine rings is 1. The van der Waals surface area contributed by atoms with Crippen LogP contribution in [0.3, 0.4) is 0 Å². The molecule has 2 aromatic rings. The van der Waals surface area contributed by atoms with Gasteiger partial charge in [-0.05, 0) is 42.0 Å². The SMILES string of the molecule is COC1=C(Cc2cccnc2)CCc2ccccc21. The van der Waals surface area contributed by atoms with Crippen molar-refractivity contribution in [3.63, 3.8) is 0 Å². The van der Waals surface area contributed by atoms with Crippen molar-refractivity contribution in [3.8, 4) is 0 Å². The lowest BCUT2D eigenvalue weighted by molar-refractivity contribution is 0.362. The minimum Gasteiger partial charge on any atom is -0.496 e. The lowest BCUT2D eigenvalue weighted by atomic mass is 9.88. The fourth-order valence-corrected chi connectivity index (χ4v) is 2.72. The Bertz CT molecular complexity index is 602. The molecule has 0 spiro atoms. The second kappa shape index (κ2) is 5.27. The van der Waals surface area contributed by atoms with Crippen LogP contribution in [0.4, 0.5) is 0 Å². The van der Waals surface area contributed by atoms with Crippen molar-refractivity contribution in [1.29, 1.82) is 0 Å². The molecule has 1 aliphatic rings. The van der Waals surface area contributed by atoms with E-state index in [0.29, 0.717) is 0 Å². The summed E-state index contributed by atoms with van der Waals surface area (Å²) in [6.07, 6.45) is 6.82. The Morgan fingerprint density at radius 3 is 2.79 bits per heavy atom. The number of ether oxygens (including phenoxy) is 1. The molecule has 0 aliphatic heterocycles. The average Bonchev–Trinajstić information content (AvgIpc) is 2.48. The normalized spacial score (nSPS) is 14.2. The molecular weight excluding hydrogens is 234 g/mol. The Kier molecular flexibility index (Phi) is 3.32. The highest BCUT2D eigenvalue weighted by Gasteiger charge is 2.19. The van der Waals surface area contributed by atoms with Crippen LogP contribution in [-0.4, -0.2) is 12.1 Å². The van der Waals surface area contributed by atoms with Gasteiger partial charge >= 0.3 is 0 Å². The quantitative estimate of drug-likeness (QED) is 0.831. The smallest absolute Gasteiger partial charge is 0.125 e.